The Morgan fingerprint density at radius 1 is 1.15 bits per heavy atom. The largest absolute Gasteiger partial charge is 0.462 e. The highest BCUT2D eigenvalue weighted by atomic mass is 32.2. The molecule has 0 saturated carbocycles. The Kier molecular flexibility index (Phi) is 5.70. The summed E-state index contributed by atoms with van der Waals surface area (Å²) < 4.78 is 5.02. The van der Waals surface area contributed by atoms with Gasteiger partial charge in [-0.1, -0.05) is 36.0 Å². The lowest BCUT2D eigenvalue weighted by molar-refractivity contribution is 0.0526. The quantitative estimate of drug-likeness (QED) is 0.501. The number of hydrogen-bond acceptors (Lipinski definition) is 7. The average molecular weight is 366 g/mol. The maximum Gasteiger partial charge on any atom is 0.338 e. The fourth-order valence-corrected chi connectivity index (χ4v) is 3.06. The van der Waals surface area contributed by atoms with Gasteiger partial charge >= 0.3 is 5.97 Å². The smallest absolute Gasteiger partial charge is 0.338 e. The van der Waals surface area contributed by atoms with Crippen molar-refractivity contribution in [3.05, 3.63) is 66.5 Å². The van der Waals surface area contributed by atoms with Crippen LogP contribution in [0.25, 0.3) is 0 Å². The predicted molar refractivity (Wildman–Crippen MR) is 103 cm³/mol. The molecule has 0 unspecified atom stereocenters. The zero-order chi connectivity index (χ0) is 18.4. The summed E-state index contributed by atoms with van der Waals surface area (Å²) in [7, 11) is 0. The monoisotopic (exact) mass is 366 g/mol. The van der Waals surface area contributed by atoms with Crippen LogP contribution in [-0.2, 0) is 4.74 Å². The zero-order valence-corrected chi connectivity index (χ0v) is 15.0. The van der Waals surface area contributed by atoms with E-state index in [9.17, 15) is 4.79 Å². The third kappa shape index (κ3) is 4.31. The SMILES string of the molecule is CCOC(=O)c1cccc(Nc2ncnc(Sc3ccccc3)c2N)c1. The summed E-state index contributed by atoms with van der Waals surface area (Å²) in [5.74, 6) is 0.117. The van der Waals surface area contributed by atoms with Gasteiger partial charge in [-0.3, -0.25) is 0 Å². The average Bonchev–Trinajstić information content (AvgIpc) is 2.66. The molecule has 3 N–H and O–H groups in total. The van der Waals surface area contributed by atoms with Gasteiger partial charge in [0, 0.05) is 10.6 Å². The Morgan fingerprint density at radius 2 is 1.96 bits per heavy atom. The number of nitrogen functional groups attached to an aromatic ring is 1. The van der Waals surface area contributed by atoms with Crippen LogP contribution in [0, 0.1) is 0 Å². The molecule has 0 fully saturated rings. The number of nitrogens with zero attached hydrogens (tertiary/aromatic N) is 2. The van der Waals surface area contributed by atoms with Crippen molar-refractivity contribution in [1.82, 2.24) is 9.97 Å². The van der Waals surface area contributed by atoms with Gasteiger partial charge in [0.05, 0.1) is 12.2 Å². The van der Waals surface area contributed by atoms with Gasteiger partial charge < -0.3 is 15.8 Å². The first-order valence-electron chi connectivity index (χ1n) is 8.05. The number of aromatic nitrogens is 2. The molecule has 3 aromatic rings. The standard InChI is InChI=1S/C19H18N4O2S/c1-2-25-19(24)13-7-6-8-14(11-13)23-17-16(20)18(22-12-21-17)26-15-9-4-3-5-10-15/h3-12H,2,20H2,1H3,(H,21,22,23). The van der Waals surface area contributed by atoms with Crippen LogP contribution < -0.4 is 11.1 Å². The molecule has 26 heavy (non-hydrogen) atoms. The van der Waals surface area contributed by atoms with Crippen molar-refractivity contribution in [2.24, 2.45) is 0 Å². The molecule has 0 bridgehead atoms. The first-order chi connectivity index (χ1) is 12.7. The highest BCUT2D eigenvalue weighted by Gasteiger charge is 2.11. The molecule has 0 radical (unpaired) electrons. The molecule has 1 aromatic heterocycles. The molecule has 0 aliphatic heterocycles. The second-order valence-electron chi connectivity index (χ2n) is 5.28. The summed E-state index contributed by atoms with van der Waals surface area (Å²) in [6.07, 6.45) is 1.46. The molecular formula is C19H18N4O2S. The molecule has 0 aliphatic carbocycles. The minimum Gasteiger partial charge on any atom is -0.462 e. The lowest BCUT2D eigenvalue weighted by Crippen LogP contribution is -2.06. The highest BCUT2D eigenvalue weighted by molar-refractivity contribution is 7.99. The fourth-order valence-electron chi connectivity index (χ4n) is 2.24. The van der Waals surface area contributed by atoms with Crippen LogP contribution in [0.2, 0.25) is 0 Å². The summed E-state index contributed by atoms with van der Waals surface area (Å²) in [5, 5.41) is 3.80. The van der Waals surface area contributed by atoms with E-state index in [1.165, 1.54) is 18.1 Å². The number of esters is 1. The Bertz CT molecular complexity index is 903. The predicted octanol–water partition coefficient (Wildman–Crippen LogP) is 4.13. The van der Waals surface area contributed by atoms with Crippen LogP contribution in [0.3, 0.4) is 0 Å². The Hall–Kier alpha value is -3.06. The minimum absolute atomic E-state index is 0.329. The van der Waals surface area contributed by atoms with Crippen molar-refractivity contribution in [1.29, 1.82) is 0 Å². The summed E-state index contributed by atoms with van der Waals surface area (Å²) in [6.45, 7) is 2.10. The Labute approximate surface area is 155 Å². The van der Waals surface area contributed by atoms with E-state index in [1.54, 1.807) is 25.1 Å². The van der Waals surface area contributed by atoms with E-state index < -0.39 is 0 Å². The van der Waals surface area contributed by atoms with Gasteiger partial charge in [-0.05, 0) is 37.3 Å². The van der Waals surface area contributed by atoms with Crippen LogP contribution >= 0.6 is 11.8 Å². The minimum atomic E-state index is -0.368. The normalized spacial score (nSPS) is 10.3. The van der Waals surface area contributed by atoms with Gasteiger partial charge in [0.25, 0.3) is 0 Å². The van der Waals surface area contributed by atoms with Crippen LogP contribution in [0.1, 0.15) is 17.3 Å². The number of carbonyl (C=O) groups is 1. The highest BCUT2D eigenvalue weighted by Crippen LogP contribution is 2.33. The van der Waals surface area contributed by atoms with E-state index in [-0.39, 0.29) is 5.97 Å². The maximum atomic E-state index is 11.9. The second-order valence-corrected chi connectivity index (χ2v) is 6.34. The van der Waals surface area contributed by atoms with Crippen LogP contribution in [0.15, 0.2) is 70.8 Å². The summed E-state index contributed by atoms with van der Waals surface area (Å²) >= 11 is 1.46. The van der Waals surface area contributed by atoms with Crippen molar-refractivity contribution in [2.45, 2.75) is 16.8 Å². The number of nitrogens with two attached hydrogens (primary N) is 1. The summed E-state index contributed by atoms with van der Waals surface area (Å²) in [5.41, 5.74) is 7.82. The van der Waals surface area contributed by atoms with Gasteiger partial charge in [0.15, 0.2) is 5.82 Å². The molecule has 2 aromatic carbocycles. The van der Waals surface area contributed by atoms with Crippen LogP contribution in [0.4, 0.5) is 17.2 Å². The number of nitrogens with one attached hydrogen (secondary N) is 1. The maximum absolute atomic E-state index is 11.9. The molecular weight excluding hydrogens is 348 g/mol. The van der Waals surface area contributed by atoms with Crippen LogP contribution in [-0.4, -0.2) is 22.5 Å². The fraction of sp³-hybridized carbons (Fsp3) is 0.105. The molecule has 1 heterocycles. The molecule has 132 valence electrons. The van der Waals surface area contributed by atoms with E-state index in [0.29, 0.717) is 34.4 Å². The molecule has 7 heteroatoms. The van der Waals surface area contributed by atoms with E-state index >= 15 is 0 Å². The van der Waals surface area contributed by atoms with Crippen molar-refractivity contribution in [3.8, 4) is 0 Å². The van der Waals surface area contributed by atoms with E-state index in [2.05, 4.69) is 15.3 Å². The third-order valence-electron chi connectivity index (χ3n) is 3.44. The third-order valence-corrected chi connectivity index (χ3v) is 4.47. The number of carbonyl (C=O) groups excluding carboxylic acids is 1. The zero-order valence-electron chi connectivity index (χ0n) is 14.2. The van der Waals surface area contributed by atoms with E-state index in [1.807, 2.05) is 36.4 Å². The molecule has 3 rings (SSSR count). The lowest BCUT2D eigenvalue weighted by atomic mass is 10.2. The molecule has 0 aliphatic rings. The topological polar surface area (TPSA) is 90.1 Å². The number of benzene rings is 2. The Morgan fingerprint density at radius 3 is 2.73 bits per heavy atom. The number of hydrogen-bond donors (Lipinski definition) is 2. The van der Waals surface area contributed by atoms with Gasteiger partial charge in [-0.2, -0.15) is 0 Å². The number of anilines is 3. The lowest BCUT2D eigenvalue weighted by Gasteiger charge is -2.11. The van der Waals surface area contributed by atoms with Gasteiger partial charge in [0.2, 0.25) is 0 Å². The van der Waals surface area contributed by atoms with Gasteiger partial charge in [-0.15, -0.1) is 0 Å². The van der Waals surface area contributed by atoms with Crippen molar-refractivity contribution in [2.75, 3.05) is 17.7 Å². The molecule has 0 atom stereocenters. The molecule has 0 saturated heterocycles. The van der Waals surface area contributed by atoms with E-state index in [4.69, 9.17) is 10.5 Å². The molecule has 0 spiro atoms. The second kappa shape index (κ2) is 8.35. The van der Waals surface area contributed by atoms with Gasteiger partial charge in [-0.25, -0.2) is 14.8 Å². The van der Waals surface area contributed by atoms with Gasteiger partial charge in [0.1, 0.15) is 17.0 Å². The van der Waals surface area contributed by atoms with Crippen molar-refractivity contribution < 1.29 is 9.53 Å². The number of ether oxygens (including phenoxy) is 1. The Balaban J connectivity index is 1.81. The first kappa shape index (κ1) is 17.8. The summed E-state index contributed by atoms with van der Waals surface area (Å²) in [4.78, 5) is 21.4. The number of rotatable bonds is 6. The molecule has 0 amide bonds. The van der Waals surface area contributed by atoms with Crippen molar-refractivity contribution >= 4 is 34.9 Å². The summed E-state index contributed by atoms with van der Waals surface area (Å²) in [6, 6.07) is 16.8. The van der Waals surface area contributed by atoms with Crippen LogP contribution in [0.5, 0.6) is 0 Å². The first-order valence-corrected chi connectivity index (χ1v) is 8.86. The van der Waals surface area contributed by atoms with E-state index in [0.717, 1.165) is 4.90 Å². The molecule has 6 nitrogen and oxygen atoms in total. The van der Waals surface area contributed by atoms with Crippen molar-refractivity contribution in [3.63, 3.8) is 0 Å².